The number of anilines is 1. The number of thiophene rings is 1. The molecular weight excluding hydrogens is 410 g/mol. The third-order valence-corrected chi connectivity index (χ3v) is 6.60. The zero-order valence-corrected chi connectivity index (χ0v) is 17.3. The van der Waals surface area contributed by atoms with Crippen molar-refractivity contribution in [1.29, 1.82) is 0 Å². The second-order valence-corrected chi connectivity index (χ2v) is 8.82. The molecule has 1 aromatic heterocycles. The highest BCUT2D eigenvalue weighted by Gasteiger charge is 2.46. The summed E-state index contributed by atoms with van der Waals surface area (Å²) in [5, 5.41) is 8.18. The van der Waals surface area contributed by atoms with Crippen LogP contribution in [-0.4, -0.2) is 40.7 Å². The topological polar surface area (TPSA) is 78.5 Å². The van der Waals surface area contributed by atoms with Gasteiger partial charge in [0.05, 0.1) is 17.3 Å². The summed E-state index contributed by atoms with van der Waals surface area (Å²) in [4.78, 5) is 41.1. The van der Waals surface area contributed by atoms with Crippen molar-refractivity contribution in [3.8, 4) is 0 Å². The van der Waals surface area contributed by atoms with Crippen LogP contribution in [0.4, 0.5) is 5.69 Å². The van der Waals surface area contributed by atoms with Crippen LogP contribution >= 0.6 is 22.9 Å². The van der Waals surface area contributed by atoms with Crippen molar-refractivity contribution in [3.05, 3.63) is 51.7 Å². The number of carbonyl (C=O) groups is 3. The van der Waals surface area contributed by atoms with Gasteiger partial charge in [0.1, 0.15) is 6.04 Å². The van der Waals surface area contributed by atoms with E-state index in [1.54, 1.807) is 35.2 Å². The number of nitrogens with zero attached hydrogens (tertiary/aromatic N) is 1. The van der Waals surface area contributed by atoms with E-state index >= 15 is 0 Å². The summed E-state index contributed by atoms with van der Waals surface area (Å²) in [5.41, 5.74) is 0.561. The Balaban J connectivity index is 1.57. The highest BCUT2D eigenvalue weighted by Crippen LogP contribution is 2.31. The zero-order valence-electron chi connectivity index (χ0n) is 15.8. The number of carbonyl (C=O) groups excluding carboxylic acids is 3. The molecule has 152 valence electrons. The molecule has 0 spiro atoms. The minimum atomic E-state index is -0.830. The monoisotopic (exact) mass is 431 g/mol. The SMILES string of the molecule is O=C(C[C@@H]1C(=O)N[C@H]2CCCC[C@H]2N1C(=O)c1cccs1)Nc1cccc(Cl)c1. The molecular formula is C21H22ClN3O3S. The van der Waals surface area contributed by atoms with Gasteiger partial charge in [-0.3, -0.25) is 14.4 Å². The van der Waals surface area contributed by atoms with E-state index in [1.165, 1.54) is 11.3 Å². The van der Waals surface area contributed by atoms with Crippen LogP contribution in [0.1, 0.15) is 41.8 Å². The van der Waals surface area contributed by atoms with E-state index in [1.807, 2.05) is 11.4 Å². The maximum Gasteiger partial charge on any atom is 0.264 e. The second kappa shape index (κ2) is 8.55. The standard InChI is InChI=1S/C21H22ClN3O3S/c22-13-5-3-6-14(11-13)23-19(26)12-17-20(27)24-15-7-1-2-8-16(15)25(17)21(28)18-9-4-10-29-18/h3-6,9-11,15-17H,1-2,7-8,12H2,(H,23,26)(H,24,27)/t15-,16+,17+/m0/s1. The summed E-state index contributed by atoms with van der Waals surface area (Å²) in [7, 11) is 0. The van der Waals surface area contributed by atoms with Crippen molar-refractivity contribution < 1.29 is 14.4 Å². The van der Waals surface area contributed by atoms with Gasteiger partial charge in [-0.15, -0.1) is 11.3 Å². The van der Waals surface area contributed by atoms with Gasteiger partial charge in [0.15, 0.2) is 0 Å². The first-order chi connectivity index (χ1) is 14.0. The smallest absolute Gasteiger partial charge is 0.264 e. The summed E-state index contributed by atoms with van der Waals surface area (Å²) in [6, 6.07) is 9.46. The number of benzene rings is 1. The number of amides is 3. The first-order valence-corrected chi connectivity index (χ1v) is 11.0. The molecule has 2 N–H and O–H groups in total. The molecule has 6 nitrogen and oxygen atoms in total. The van der Waals surface area contributed by atoms with E-state index in [2.05, 4.69) is 10.6 Å². The molecule has 2 aromatic rings. The van der Waals surface area contributed by atoms with E-state index < -0.39 is 6.04 Å². The predicted octanol–water partition coefficient (Wildman–Crippen LogP) is 3.68. The Bertz CT molecular complexity index is 918. The minimum Gasteiger partial charge on any atom is -0.349 e. The second-order valence-electron chi connectivity index (χ2n) is 7.44. The van der Waals surface area contributed by atoms with Crippen molar-refractivity contribution in [1.82, 2.24) is 10.2 Å². The first kappa shape index (κ1) is 19.9. The third kappa shape index (κ3) is 4.31. The molecule has 1 aliphatic heterocycles. The summed E-state index contributed by atoms with van der Waals surface area (Å²) in [6.07, 6.45) is 3.62. The molecule has 0 radical (unpaired) electrons. The molecule has 1 saturated carbocycles. The fourth-order valence-corrected chi connectivity index (χ4v) is 5.07. The molecule has 3 atom stereocenters. The Morgan fingerprint density at radius 2 is 2.03 bits per heavy atom. The largest absolute Gasteiger partial charge is 0.349 e. The van der Waals surface area contributed by atoms with Gasteiger partial charge < -0.3 is 15.5 Å². The van der Waals surface area contributed by atoms with E-state index in [-0.39, 0.29) is 36.2 Å². The summed E-state index contributed by atoms with van der Waals surface area (Å²) >= 11 is 7.33. The molecule has 0 unspecified atom stereocenters. The Morgan fingerprint density at radius 3 is 2.79 bits per heavy atom. The fraction of sp³-hybridized carbons (Fsp3) is 0.381. The molecule has 2 aliphatic rings. The van der Waals surface area contributed by atoms with Crippen molar-refractivity contribution in [2.45, 2.75) is 50.2 Å². The molecule has 29 heavy (non-hydrogen) atoms. The molecule has 2 heterocycles. The lowest BCUT2D eigenvalue weighted by Crippen LogP contribution is -2.67. The van der Waals surface area contributed by atoms with E-state index in [9.17, 15) is 14.4 Å². The number of halogens is 1. The predicted molar refractivity (Wildman–Crippen MR) is 113 cm³/mol. The molecule has 1 saturated heterocycles. The van der Waals surface area contributed by atoms with Crippen LogP contribution in [0.5, 0.6) is 0 Å². The number of hydrogen-bond donors (Lipinski definition) is 2. The van der Waals surface area contributed by atoms with Crippen LogP contribution in [0.3, 0.4) is 0 Å². The lowest BCUT2D eigenvalue weighted by molar-refractivity contribution is -0.135. The van der Waals surface area contributed by atoms with Gasteiger partial charge in [0.2, 0.25) is 11.8 Å². The molecule has 3 amide bonds. The molecule has 4 rings (SSSR count). The van der Waals surface area contributed by atoms with Crippen molar-refractivity contribution in [3.63, 3.8) is 0 Å². The molecule has 1 aliphatic carbocycles. The normalized spacial score (nSPS) is 23.8. The molecule has 0 bridgehead atoms. The van der Waals surface area contributed by atoms with Gasteiger partial charge in [-0.1, -0.05) is 36.6 Å². The van der Waals surface area contributed by atoms with E-state index in [0.717, 1.165) is 25.7 Å². The first-order valence-electron chi connectivity index (χ1n) is 9.75. The van der Waals surface area contributed by atoms with E-state index in [0.29, 0.717) is 15.6 Å². The van der Waals surface area contributed by atoms with Crippen molar-refractivity contribution in [2.24, 2.45) is 0 Å². The van der Waals surface area contributed by atoms with Crippen molar-refractivity contribution >= 4 is 46.3 Å². The summed E-state index contributed by atoms with van der Waals surface area (Å²) in [5.74, 6) is -0.766. The average molecular weight is 432 g/mol. The quantitative estimate of drug-likeness (QED) is 0.775. The Morgan fingerprint density at radius 1 is 1.21 bits per heavy atom. The van der Waals surface area contributed by atoms with Crippen LogP contribution in [0, 0.1) is 0 Å². The molecule has 8 heteroatoms. The van der Waals surface area contributed by atoms with Crippen LogP contribution in [-0.2, 0) is 9.59 Å². The summed E-state index contributed by atoms with van der Waals surface area (Å²) in [6.45, 7) is 0. The number of hydrogen-bond acceptors (Lipinski definition) is 4. The Kier molecular flexibility index (Phi) is 5.87. The number of piperazine rings is 1. The Hall–Kier alpha value is -2.38. The van der Waals surface area contributed by atoms with Crippen LogP contribution < -0.4 is 10.6 Å². The highest BCUT2D eigenvalue weighted by molar-refractivity contribution is 7.12. The van der Waals surface area contributed by atoms with Crippen LogP contribution in [0.2, 0.25) is 5.02 Å². The van der Waals surface area contributed by atoms with Gasteiger partial charge in [-0.25, -0.2) is 0 Å². The minimum absolute atomic E-state index is 0.0487. The maximum absolute atomic E-state index is 13.3. The lowest BCUT2D eigenvalue weighted by Gasteiger charge is -2.47. The average Bonchev–Trinajstić information content (AvgIpc) is 3.23. The summed E-state index contributed by atoms with van der Waals surface area (Å²) < 4.78 is 0. The number of nitrogens with one attached hydrogen (secondary N) is 2. The number of fused-ring (bicyclic) bond motifs is 1. The maximum atomic E-state index is 13.3. The molecule has 1 aromatic carbocycles. The number of rotatable bonds is 4. The van der Waals surface area contributed by atoms with Crippen molar-refractivity contribution in [2.75, 3.05) is 5.32 Å². The van der Waals surface area contributed by atoms with Crippen LogP contribution in [0.15, 0.2) is 41.8 Å². The van der Waals surface area contributed by atoms with Gasteiger partial charge in [-0.05, 0) is 42.5 Å². The Labute approximate surface area is 178 Å². The fourth-order valence-electron chi connectivity index (χ4n) is 4.21. The third-order valence-electron chi connectivity index (χ3n) is 5.51. The zero-order chi connectivity index (χ0) is 20.4. The van der Waals surface area contributed by atoms with Gasteiger partial charge in [-0.2, -0.15) is 0 Å². The van der Waals surface area contributed by atoms with Gasteiger partial charge >= 0.3 is 0 Å². The van der Waals surface area contributed by atoms with E-state index in [4.69, 9.17) is 11.6 Å². The lowest BCUT2D eigenvalue weighted by atomic mass is 9.85. The highest BCUT2D eigenvalue weighted by atomic mass is 35.5. The molecule has 2 fully saturated rings. The van der Waals surface area contributed by atoms with Gasteiger partial charge in [0.25, 0.3) is 5.91 Å². The van der Waals surface area contributed by atoms with Crippen LogP contribution in [0.25, 0.3) is 0 Å². The van der Waals surface area contributed by atoms with Gasteiger partial charge in [0, 0.05) is 16.8 Å².